The summed E-state index contributed by atoms with van der Waals surface area (Å²) < 4.78 is 0. The number of hydrogen-bond donors (Lipinski definition) is 0. The van der Waals surface area contributed by atoms with Crippen molar-refractivity contribution in [3.8, 4) is 0 Å². The Labute approximate surface area is 198 Å². The monoisotopic (exact) mass is 445 g/mol. The first-order valence-electron chi connectivity index (χ1n) is 11.3. The van der Waals surface area contributed by atoms with Gasteiger partial charge in [0, 0.05) is 34.7 Å². The second-order valence-electron chi connectivity index (χ2n) is 8.37. The smallest absolute Gasteiger partial charge is 0.259 e. The first kappa shape index (κ1) is 21.5. The summed E-state index contributed by atoms with van der Waals surface area (Å²) in [5.41, 5.74) is 2.99. The lowest BCUT2D eigenvalue weighted by Crippen LogP contribution is -2.53. The number of carbonyl (C=O) groups excluding carboxylic acids is 3. The number of ketones is 2. The van der Waals surface area contributed by atoms with Crippen LogP contribution in [-0.2, 0) is 0 Å². The lowest BCUT2D eigenvalue weighted by Gasteiger charge is -2.41. The summed E-state index contributed by atoms with van der Waals surface area (Å²) in [4.78, 5) is 42.6. The second-order valence-corrected chi connectivity index (χ2v) is 8.37. The topological polar surface area (TPSA) is 54.5 Å². The van der Waals surface area contributed by atoms with Crippen LogP contribution in [0.1, 0.15) is 49.0 Å². The predicted molar refractivity (Wildman–Crippen MR) is 132 cm³/mol. The molecule has 0 bridgehead atoms. The van der Waals surface area contributed by atoms with Crippen molar-refractivity contribution in [3.05, 3.63) is 138 Å². The third-order valence-corrected chi connectivity index (χ3v) is 6.33. The highest BCUT2D eigenvalue weighted by atomic mass is 16.2. The normalized spacial score (nSPS) is 17.2. The third kappa shape index (κ3) is 3.95. The van der Waals surface area contributed by atoms with E-state index < -0.39 is 12.0 Å². The van der Waals surface area contributed by atoms with Crippen LogP contribution in [0.5, 0.6) is 0 Å². The average Bonchev–Trinajstić information content (AvgIpc) is 2.91. The van der Waals surface area contributed by atoms with Crippen molar-refractivity contribution in [2.24, 2.45) is 0 Å². The summed E-state index contributed by atoms with van der Waals surface area (Å²) in [7, 11) is 0. The molecule has 1 aliphatic rings. The summed E-state index contributed by atoms with van der Waals surface area (Å²) in [6, 6.07) is 33.7. The second kappa shape index (κ2) is 9.28. The van der Waals surface area contributed by atoms with Gasteiger partial charge in [-0.05, 0) is 23.8 Å². The predicted octanol–water partition coefficient (Wildman–Crippen LogP) is 5.96. The van der Waals surface area contributed by atoms with Crippen LogP contribution in [0.25, 0.3) is 0 Å². The number of hydrogen-bond acceptors (Lipinski definition) is 3. The van der Waals surface area contributed by atoms with E-state index in [1.54, 1.807) is 35.2 Å². The first-order chi connectivity index (χ1) is 16.6. The van der Waals surface area contributed by atoms with E-state index in [4.69, 9.17) is 0 Å². The molecule has 1 aliphatic heterocycles. The maximum atomic E-state index is 14.0. The number of rotatable bonds is 6. The van der Waals surface area contributed by atoms with Crippen molar-refractivity contribution in [2.45, 2.75) is 18.4 Å². The Morgan fingerprint density at radius 2 is 1.18 bits per heavy atom. The van der Waals surface area contributed by atoms with Crippen molar-refractivity contribution in [1.82, 2.24) is 0 Å². The molecule has 0 N–H and O–H groups in total. The Morgan fingerprint density at radius 1 is 0.647 bits per heavy atom. The minimum atomic E-state index is -0.847. The Balaban J connectivity index is 1.67. The molecule has 5 rings (SSSR count). The van der Waals surface area contributed by atoms with E-state index in [-0.39, 0.29) is 23.9 Å². The molecule has 1 amide bonds. The van der Waals surface area contributed by atoms with Crippen LogP contribution in [0.4, 0.5) is 5.69 Å². The minimum absolute atomic E-state index is 0.0615. The van der Waals surface area contributed by atoms with E-state index in [9.17, 15) is 14.4 Å². The molecular weight excluding hydrogens is 422 g/mol. The summed E-state index contributed by atoms with van der Waals surface area (Å²) in [5, 5.41) is 0. The van der Waals surface area contributed by atoms with Gasteiger partial charge in [0.15, 0.2) is 11.6 Å². The standard InChI is InChI=1S/C30H23NO3/c32-27(21-12-4-1-5-13-21)20-26-24-18-10-11-19-25(24)30(34)31(23-16-8-3-9-17-23)28(26)29(33)22-14-6-2-7-15-22/h1-19,26,28H,20H2/t26-,28-/m0/s1. The number of para-hydroxylation sites is 1. The van der Waals surface area contributed by atoms with Crippen molar-refractivity contribution in [1.29, 1.82) is 0 Å². The van der Waals surface area contributed by atoms with Gasteiger partial charge in [0.25, 0.3) is 5.91 Å². The molecule has 0 saturated heterocycles. The van der Waals surface area contributed by atoms with Crippen molar-refractivity contribution < 1.29 is 14.4 Å². The molecule has 166 valence electrons. The quantitative estimate of drug-likeness (QED) is 0.344. The highest BCUT2D eigenvalue weighted by Gasteiger charge is 2.45. The average molecular weight is 446 g/mol. The molecule has 4 aromatic carbocycles. The van der Waals surface area contributed by atoms with E-state index in [1.807, 2.05) is 84.9 Å². The number of Topliss-reactive ketones (excluding diaryl/α,β-unsaturated/α-hetero) is 2. The van der Waals surface area contributed by atoms with Gasteiger partial charge in [-0.15, -0.1) is 0 Å². The molecule has 0 spiro atoms. The van der Waals surface area contributed by atoms with E-state index in [0.717, 1.165) is 5.56 Å². The number of anilines is 1. The highest BCUT2D eigenvalue weighted by Crippen LogP contribution is 2.40. The molecule has 0 unspecified atom stereocenters. The Kier molecular flexibility index (Phi) is 5.88. The van der Waals surface area contributed by atoms with Crippen LogP contribution < -0.4 is 4.90 Å². The van der Waals surface area contributed by atoms with Gasteiger partial charge in [0.05, 0.1) is 0 Å². The van der Waals surface area contributed by atoms with Gasteiger partial charge in [-0.3, -0.25) is 19.3 Å². The third-order valence-electron chi connectivity index (χ3n) is 6.33. The van der Waals surface area contributed by atoms with Crippen molar-refractivity contribution in [3.63, 3.8) is 0 Å². The maximum absolute atomic E-state index is 14.0. The van der Waals surface area contributed by atoms with E-state index in [1.165, 1.54) is 0 Å². The van der Waals surface area contributed by atoms with Crippen LogP contribution in [-0.4, -0.2) is 23.5 Å². The number of nitrogens with zero attached hydrogens (tertiary/aromatic N) is 1. The lowest BCUT2D eigenvalue weighted by molar-refractivity contribution is 0.0850. The van der Waals surface area contributed by atoms with E-state index >= 15 is 0 Å². The van der Waals surface area contributed by atoms with Crippen LogP contribution in [0.15, 0.2) is 115 Å². The molecule has 0 aliphatic carbocycles. The zero-order valence-electron chi connectivity index (χ0n) is 18.5. The molecule has 4 heteroatoms. The fourth-order valence-electron chi connectivity index (χ4n) is 4.72. The van der Waals surface area contributed by atoms with Gasteiger partial charge in [0.2, 0.25) is 0 Å². The lowest BCUT2D eigenvalue weighted by atomic mass is 9.76. The zero-order valence-corrected chi connectivity index (χ0v) is 18.5. The molecule has 0 radical (unpaired) electrons. The van der Waals surface area contributed by atoms with Crippen molar-refractivity contribution >= 4 is 23.2 Å². The van der Waals surface area contributed by atoms with E-state index in [2.05, 4.69) is 0 Å². The van der Waals surface area contributed by atoms with Crippen LogP contribution in [0.2, 0.25) is 0 Å². The summed E-state index contributed by atoms with van der Waals surface area (Å²) in [5.74, 6) is -0.971. The van der Waals surface area contributed by atoms with Crippen LogP contribution in [0.3, 0.4) is 0 Å². The summed E-state index contributed by atoms with van der Waals surface area (Å²) >= 11 is 0. The number of fused-ring (bicyclic) bond motifs is 1. The molecule has 2 atom stereocenters. The van der Waals surface area contributed by atoms with Gasteiger partial charge in [-0.2, -0.15) is 0 Å². The minimum Gasteiger partial charge on any atom is -0.297 e. The van der Waals surface area contributed by atoms with Gasteiger partial charge in [0.1, 0.15) is 6.04 Å². The van der Waals surface area contributed by atoms with Crippen LogP contribution >= 0.6 is 0 Å². The molecule has 0 fully saturated rings. The zero-order chi connectivity index (χ0) is 23.5. The van der Waals surface area contributed by atoms with Gasteiger partial charge in [-0.1, -0.05) is 97.1 Å². The molecule has 0 aromatic heterocycles. The number of benzene rings is 4. The molecule has 34 heavy (non-hydrogen) atoms. The van der Waals surface area contributed by atoms with Gasteiger partial charge >= 0.3 is 0 Å². The fraction of sp³-hybridized carbons (Fsp3) is 0.100. The molecule has 0 saturated carbocycles. The van der Waals surface area contributed by atoms with Crippen LogP contribution in [0, 0.1) is 0 Å². The van der Waals surface area contributed by atoms with Gasteiger partial charge in [-0.25, -0.2) is 0 Å². The highest BCUT2D eigenvalue weighted by molar-refractivity contribution is 6.16. The Bertz CT molecular complexity index is 1330. The summed E-state index contributed by atoms with van der Waals surface area (Å²) in [6.07, 6.45) is 0.112. The maximum Gasteiger partial charge on any atom is 0.259 e. The summed E-state index contributed by atoms with van der Waals surface area (Å²) in [6.45, 7) is 0. The van der Waals surface area contributed by atoms with Crippen molar-refractivity contribution in [2.75, 3.05) is 4.90 Å². The Hall–Kier alpha value is -4.31. The molecule has 4 aromatic rings. The van der Waals surface area contributed by atoms with E-state index in [0.29, 0.717) is 22.4 Å². The first-order valence-corrected chi connectivity index (χ1v) is 11.3. The number of amides is 1. The fourth-order valence-corrected chi connectivity index (χ4v) is 4.72. The Morgan fingerprint density at radius 3 is 1.82 bits per heavy atom. The molecule has 4 nitrogen and oxygen atoms in total. The largest absolute Gasteiger partial charge is 0.297 e. The SMILES string of the molecule is O=C(C[C@H]1c2ccccc2C(=O)N(c2ccccc2)[C@@H]1C(=O)c1ccccc1)c1ccccc1. The number of carbonyl (C=O) groups is 3. The van der Waals surface area contributed by atoms with Gasteiger partial charge < -0.3 is 0 Å². The molecule has 1 heterocycles. The molecular formula is C30H23NO3.